The Labute approximate surface area is 79.1 Å². The van der Waals surface area contributed by atoms with Gasteiger partial charge >= 0.3 is 0 Å². The molecule has 0 spiro atoms. The third kappa shape index (κ3) is 2.32. The van der Waals surface area contributed by atoms with E-state index >= 15 is 0 Å². The van der Waals surface area contributed by atoms with Crippen molar-refractivity contribution in [3.05, 3.63) is 24.0 Å². The summed E-state index contributed by atoms with van der Waals surface area (Å²) in [4.78, 5) is 5.56. The quantitative estimate of drug-likeness (QED) is 0.719. The van der Waals surface area contributed by atoms with Crippen molar-refractivity contribution in [1.29, 1.82) is 0 Å². The molecule has 1 atom stereocenters. The summed E-state index contributed by atoms with van der Waals surface area (Å²) in [5.41, 5.74) is 1.27. The van der Waals surface area contributed by atoms with Crippen molar-refractivity contribution in [3.63, 3.8) is 0 Å². The van der Waals surface area contributed by atoms with E-state index in [0.717, 1.165) is 6.54 Å². The zero-order valence-electron chi connectivity index (χ0n) is 8.09. The number of nitrogens with zero attached hydrogens (tertiary/aromatic N) is 1. The molecule has 72 valence electrons. The predicted molar refractivity (Wildman–Crippen MR) is 53.5 cm³/mol. The van der Waals surface area contributed by atoms with Gasteiger partial charge in [0.25, 0.3) is 0 Å². The maximum atomic E-state index is 3.54. The van der Waals surface area contributed by atoms with Crippen LogP contribution in [0.3, 0.4) is 0 Å². The van der Waals surface area contributed by atoms with E-state index in [9.17, 15) is 0 Å². The number of aromatic amines is 1. The first-order valence-electron chi connectivity index (χ1n) is 4.89. The Balaban J connectivity index is 1.74. The molecule has 0 bridgehead atoms. The number of hydrogen-bond donors (Lipinski definition) is 2. The summed E-state index contributed by atoms with van der Waals surface area (Å²) in [7, 11) is 2.18. The zero-order valence-corrected chi connectivity index (χ0v) is 8.09. The molecule has 1 aliphatic rings. The number of hydrogen-bond acceptors (Lipinski definition) is 2. The van der Waals surface area contributed by atoms with E-state index in [1.165, 1.54) is 25.2 Å². The van der Waals surface area contributed by atoms with Gasteiger partial charge in [-0.05, 0) is 32.1 Å². The van der Waals surface area contributed by atoms with Crippen LogP contribution in [-0.4, -0.2) is 36.1 Å². The molecule has 2 heterocycles. The number of rotatable bonds is 3. The van der Waals surface area contributed by atoms with E-state index in [2.05, 4.69) is 28.3 Å². The molecule has 2 rings (SSSR count). The molecule has 0 radical (unpaired) electrons. The third-order valence-electron chi connectivity index (χ3n) is 2.63. The second kappa shape index (κ2) is 3.94. The lowest BCUT2D eigenvalue weighted by molar-refractivity contribution is 0.397. The highest BCUT2D eigenvalue weighted by molar-refractivity contribution is 5.03. The molecule has 1 aliphatic heterocycles. The molecule has 2 N–H and O–H groups in total. The lowest BCUT2D eigenvalue weighted by atomic mass is 10.2. The van der Waals surface area contributed by atoms with E-state index in [-0.39, 0.29) is 0 Å². The van der Waals surface area contributed by atoms with Crippen LogP contribution in [0.4, 0.5) is 0 Å². The molecular formula is C10H17N3. The Morgan fingerprint density at radius 3 is 3.23 bits per heavy atom. The van der Waals surface area contributed by atoms with Crippen LogP contribution in [0.25, 0.3) is 0 Å². The number of aromatic nitrogens is 1. The van der Waals surface area contributed by atoms with Gasteiger partial charge in [-0.15, -0.1) is 0 Å². The number of likely N-dealkylation sites (N-methyl/N-ethyl adjacent to an activating group) is 1. The molecule has 1 aromatic heterocycles. The maximum Gasteiger partial charge on any atom is 0.0360 e. The standard InChI is InChI=1S/C10H17N3/c1-13-6-4-10(8-13)12-7-9-3-2-5-11-9/h2-3,5,10-12H,4,6-8H2,1H3. The molecule has 3 heteroatoms. The largest absolute Gasteiger partial charge is 0.364 e. The average Bonchev–Trinajstić information content (AvgIpc) is 2.71. The van der Waals surface area contributed by atoms with Crippen molar-refractivity contribution < 1.29 is 0 Å². The smallest absolute Gasteiger partial charge is 0.0360 e. The van der Waals surface area contributed by atoms with Gasteiger partial charge in [-0.3, -0.25) is 0 Å². The summed E-state index contributed by atoms with van der Waals surface area (Å²) in [5, 5.41) is 3.54. The molecule has 1 unspecified atom stereocenters. The van der Waals surface area contributed by atoms with Crippen molar-refractivity contribution >= 4 is 0 Å². The Morgan fingerprint density at radius 1 is 1.69 bits per heavy atom. The van der Waals surface area contributed by atoms with E-state index in [1.807, 2.05) is 12.3 Å². The van der Waals surface area contributed by atoms with Crippen molar-refractivity contribution in [1.82, 2.24) is 15.2 Å². The first-order chi connectivity index (χ1) is 6.34. The molecule has 0 amide bonds. The van der Waals surface area contributed by atoms with Crippen molar-refractivity contribution in [2.75, 3.05) is 20.1 Å². The van der Waals surface area contributed by atoms with Crippen LogP contribution >= 0.6 is 0 Å². The first-order valence-corrected chi connectivity index (χ1v) is 4.89. The van der Waals surface area contributed by atoms with Crippen LogP contribution in [0.1, 0.15) is 12.1 Å². The van der Waals surface area contributed by atoms with Crippen LogP contribution in [0.2, 0.25) is 0 Å². The predicted octanol–water partition coefficient (Wildman–Crippen LogP) is 0.808. The minimum Gasteiger partial charge on any atom is -0.364 e. The van der Waals surface area contributed by atoms with Crippen LogP contribution in [0.15, 0.2) is 18.3 Å². The van der Waals surface area contributed by atoms with Gasteiger partial charge in [-0.1, -0.05) is 0 Å². The van der Waals surface area contributed by atoms with E-state index in [0.29, 0.717) is 6.04 Å². The molecule has 0 aliphatic carbocycles. The fourth-order valence-electron chi connectivity index (χ4n) is 1.83. The molecule has 1 aromatic rings. The van der Waals surface area contributed by atoms with Crippen LogP contribution < -0.4 is 5.32 Å². The van der Waals surface area contributed by atoms with E-state index in [4.69, 9.17) is 0 Å². The molecule has 1 saturated heterocycles. The van der Waals surface area contributed by atoms with Crippen molar-refractivity contribution in [2.45, 2.75) is 19.0 Å². The molecule has 0 saturated carbocycles. The minimum atomic E-state index is 0.674. The van der Waals surface area contributed by atoms with Crippen LogP contribution in [0, 0.1) is 0 Å². The fourth-order valence-corrected chi connectivity index (χ4v) is 1.83. The van der Waals surface area contributed by atoms with Gasteiger partial charge in [-0.25, -0.2) is 0 Å². The van der Waals surface area contributed by atoms with Crippen molar-refractivity contribution in [2.24, 2.45) is 0 Å². The van der Waals surface area contributed by atoms with Gasteiger partial charge in [0.05, 0.1) is 0 Å². The second-order valence-corrected chi connectivity index (χ2v) is 3.82. The van der Waals surface area contributed by atoms with Gasteiger partial charge in [0.15, 0.2) is 0 Å². The Hall–Kier alpha value is -0.800. The molecule has 0 aromatic carbocycles. The van der Waals surface area contributed by atoms with Gasteiger partial charge in [0.1, 0.15) is 0 Å². The summed E-state index contributed by atoms with van der Waals surface area (Å²) < 4.78 is 0. The lowest BCUT2D eigenvalue weighted by Gasteiger charge is -2.11. The fraction of sp³-hybridized carbons (Fsp3) is 0.600. The lowest BCUT2D eigenvalue weighted by Crippen LogP contribution is -2.30. The van der Waals surface area contributed by atoms with Crippen LogP contribution in [-0.2, 0) is 6.54 Å². The summed E-state index contributed by atoms with van der Waals surface area (Å²) in [6.45, 7) is 3.37. The highest BCUT2D eigenvalue weighted by atomic mass is 15.2. The Morgan fingerprint density at radius 2 is 2.62 bits per heavy atom. The normalized spacial score (nSPS) is 23.9. The van der Waals surface area contributed by atoms with Gasteiger partial charge in [0, 0.05) is 31.0 Å². The van der Waals surface area contributed by atoms with E-state index < -0.39 is 0 Å². The number of nitrogens with one attached hydrogen (secondary N) is 2. The first kappa shape index (κ1) is 8.78. The van der Waals surface area contributed by atoms with Crippen molar-refractivity contribution in [3.8, 4) is 0 Å². The Bertz CT molecular complexity index is 243. The number of likely N-dealkylation sites (tertiary alicyclic amines) is 1. The van der Waals surface area contributed by atoms with Gasteiger partial charge in [-0.2, -0.15) is 0 Å². The van der Waals surface area contributed by atoms with Crippen LogP contribution in [0.5, 0.6) is 0 Å². The Kier molecular flexibility index (Phi) is 2.66. The van der Waals surface area contributed by atoms with Gasteiger partial charge in [0.2, 0.25) is 0 Å². The monoisotopic (exact) mass is 179 g/mol. The summed E-state index contributed by atoms with van der Waals surface area (Å²) in [5.74, 6) is 0. The molecule has 1 fully saturated rings. The highest BCUT2D eigenvalue weighted by Crippen LogP contribution is 2.06. The maximum absolute atomic E-state index is 3.54. The minimum absolute atomic E-state index is 0.674. The summed E-state index contributed by atoms with van der Waals surface area (Å²) >= 11 is 0. The van der Waals surface area contributed by atoms with E-state index in [1.54, 1.807) is 0 Å². The highest BCUT2D eigenvalue weighted by Gasteiger charge is 2.18. The SMILES string of the molecule is CN1CCC(NCc2ccc[nH]2)C1. The molecule has 3 nitrogen and oxygen atoms in total. The summed E-state index contributed by atoms with van der Waals surface area (Å²) in [6, 6.07) is 4.83. The molecule has 13 heavy (non-hydrogen) atoms. The number of H-pyrrole nitrogens is 1. The van der Waals surface area contributed by atoms with Gasteiger partial charge < -0.3 is 15.2 Å². The zero-order chi connectivity index (χ0) is 9.10. The molecular weight excluding hydrogens is 162 g/mol. The average molecular weight is 179 g/mol. The second-order valence-electron chi connectivity index (χ2n) is 3.82. The topological polar surface area (TPSA) is 31.1 Å². The summed E-state index contributed by atoms with van der Waals surface area (Å²) in [6.07, 6.45) is 3.25. The third-order valence-corrected chi connectivity index (χ3v) is 2.63.